The van der Waals surface area contributed by atoms with Crippen molar-refractivity contribution in [3.05, 3.63) is 12.2 Å². The fraction of sp³-hybridized carbons (Fsp3) is 0.769. The number of hydrogen-bond donors (Lipinski definition) is 1. The van der Waals surface area contributed by atoms with E-state index >= 15 is 0 Å². The molecule has 0 saturated heterocycles. The predicted octanol–water partition coefficient (Wildman–Crippen LogP) is 2.37. The van der Waals surface area contributed by atoms with Crippen molar-refractivity contribution in [1.82, 2.24) is 5.32 Å². The summed E-state index contributed by atoms with van der Waals surface area (Å²) in [5.74, 6) is -0.251. The molecule has 3 nitrogen and oxygen atoms in total. The summed E-state index contributed by atoms with van der Waals surface area (Å²) in [5, 5.41) is 4.23. The van der Waals surface area contributed by atoms with Gasteiger partial charge in [0, 0.05) is 23.9 Å². The number of thioether (sulfide) groups is 1. The Kier molecular flexibility index (Phi) is 7.37. The highest BCUT2D eigenvalue weighted by Crippen LogP contribution is 2.26. The molecule has 98 valence electrons. The molecule has 2 atom stereocenters. The van der Waals surface area contributed by atoms with Gasteiger partial charge in [-0.1, -0.05) is 18.9 Å². The maximum absolute atomic E-state index is 11.1. The van der Waals surface area contributed by atoms with Gasteiger partial charge in [-0.3, -0.25) is 0 Å². The van der Waals surface area contributed by atoms with E-state index < -0.39 is 0 Å². The van der Waals surface area contributed by atoms with Gasteiger partial charge in [-0.05, 0) is 26.0 Å². The third-order valence-corrected chi connectivity index (χ3v) is 4.21. The Hall–Kier alpha value is -0.480. The standard InChI is InChI=1S/C13H23NO2S/c1-3-16-13(15)9-6-10-14-11-7-4-5-8-12(11)17-2/h6,9,11-12,14H,3-5,7-8,10H2,1-2H3/b9-6+. The SMILES string of the molecule is CCOC(=O)/C=C/CNC1CCCCC1SC. The molecule has 1 saturated carbocycles. The number of ether oxygens (including phenoxy) is 1. The molecule has 0 bridgehead atoms. The molecule has 0 heterocycles. The van der Waals surface area contributed by atoms with Gasteiger partial charge < -0.3 is 10.1 Å². The number of esters is 1. The molecule has 0 amide bonds. The fourth-order valence-corrected chi connectivity index (χ4v) is 3.14. The van der Waals surface area contributed by atoms with E-state index in [1.165, 1.54) is 31.8 Å². The van der Waals surface area contributed by atoms with E-state index in [0.29, 0.717) is 12.6 Å². The molecule has 1 fully saturated rings. The molecule has 1 aliphatic carbocycles. The van der Waals surface area contributed by atoms with Crippen LogP contribution in [0.25, 0.3) is 0 Å². The quantitative estimate of drug-likeness (QED) is 0.585. The molecule has 1 N–H and O–H groups in total. The highest BCUT2D eigenvalue weighted by molar-refractivity contribution is 7.99. The van der Waals surface area contributed by atoms with Gasteiger partial charge in [0.1, 0.15) is 0 Å². The molecule has 2 unspecified atom stereocenters. The van der Waals surface area contributed by atoms with Crippen LogP contribution in [0.2, 0.25) is 0 Å². The zero-order valence-corrected chi connectivity index (χ0v) is 11.6. The van der Waals surface area contributed by atoms with Crippen molar-refractivity contribution in [2.24, 2.45) is 0 Å². The summed E-state index contributed by atoms with van der Waals surface area (Å²) >= 11 is 1.95. The van der Waals surface area contributed by atoms with Crippen molar-refractivity contribution in [2.75, 3.05) is 19.4 Å². The second-order valence-corrected chi connectivity index (χ2v) is 5.30. The second kappa shape index (κ2) is 8.59. The molecule has 0 aromatic heterocycles. The van der Waals surface area contributed by atoms with Crippen LogP contribution in [0.1, 0.15) is 32.6 Å². The maximum atomic E-state index is 11.1. The number of rotatable bonds is 6. The molecular weight excluding hydrogens is 234 g/mol. The third-order valence-electron chi connectivity index (χ3n) is 3.04. The minimum atomic E-state index is -0.251. The number of carbonyl (C=O) groups excluding carboxylic acids is 1. The number of carbonyl (C=O) groups is 1. The Morgan fingerprint density at radius 2 is 2.24 bits per heavy atom. The lowest BCUT2D eigenvalue weighted by atomic mass is 9.95. The Labute approximate surface area is 108 Å². The first-order chi connectivity index (χ1) is 8.27. The Morgan fingerprint density at radius 1 is 1.47 bits per heavy atom. The zero-order chi connectivity index (χ0) is 12.5. The first-order valence-electron chi connectivity index (χ1n) is 6.37. The first-order valence-corrected chi connectivity index (χ1v) is 7.66. The van der Waals surface area contributed by atoms with E-state index in [2.05, 4.69) is 11.6 Å². The van der Waals surface area contributed by atoms with Crippen LogP contribution in [-0.2, 0) is 9.53 Å². The van der Waals surface area contributed by atoms with Crippen LogP contribution in [0.3, 0.4) is 0 Å². The first kappa shape index (κ1) is 14.6. The Bertz CT molecular complexity index is 256. The lowest BCUT2D eigenvalue weighted by Gasteiger charge is -2.30. The Morgan fingerprint density at radius 3 is 2.94 bits per heavy atom. The minimum absolute atomic E-state index is 0.251. The average Bonchev–Trinajstić information content (AvgIpc) is 2.35. The Balaban J connectivity index is 2.22. The van der Waals surface area contributed by atoms with Crippen LogP contribution in [0.15, 0.2) is 12.2 Å². The highest BCUT2D eigenvalue weighted by atomic mass is 32.2. The fourth-order valence-electron chi connectivity index (χ4n) is 2.18. The molecular formula is C13H23NO2S. The highest BCUT2D eigenvalue weighted by Gasteiger charge is 2.22. The van der Waals surface area contributed by atoms with Gasteiger partial charge in [0.05, 0.1) is 6.61 Å². The molecule has 0 aromatic rings. The van der Waals surface area contributed by atoms with Crippen molar-refractivity contribution in [2.45, 2.75) is 43.9 Å². The van der Waals surface area contributed by atoms with Crippen molar-refractivity contribution >= 4 is 17.7 Å². The van der Waals surface area contributed by atoms with Gasteiger partial charge in [0.25, 0.3) is 0 Å². The summed E-state index contributed by atoms with van der Waals surface area (Å²) in [7, 11) is 0. The molecule has 0 radical (unpaired) electrons. The lowest BCUT2D eigenvalue weighted by Crippen LogP contribution is -2.40. The average molecular weight is 257 g/mol. The van der Waals surface area contributed by atoms with E-state index in [9.17, 15) is 4.79 Å². The molecule has 1 rings (SSSR count). The smallest absolute Gasteiger partial charge is 0.330 e. The van der Waals surface area contributed by atoms with E-state index in [1.54, 1.807) is 0 Å². The van der Waals surface area contributed by atoms with Gasteiger partial charge >= 0.3 is 5.97 Å². The van der Waals surface area contributed by atoms with Crippen LogP contribution in [0.5, 0.6) is 0 Å². The largest absolute Gasteiger partial charge is 0.463 e. The molecule has 17 heavy (non-hydrogen) atoms. The predicted molar refractivity (Wildman–Crippen MR) is 73.3 cm³/mol. The van der Waals surface area contributed by atoms with E-state index in [-0.39, 0.29) is 5.97 Å². The van der Waals surface area contributed by atoms with Gasteiger partial charge in [0.2, 0.25) is 0 Å². The normalized spacial score (nSPS) is 25.1. The number of hydrogen-bond acceptors (Lipinski definition) is 4. The van der Waals surface area contributed by atoms with Crippen LogP contribution in [0, 0.1) is 0 Å². The zero-order valence-electron chi connectivity index (χ0n) is 10.8. The molecule has 0 aliphatic heterocycles. The van der Waals surface area contributed by atoms with Crippen molar-refractivity contribution < 1.29 is 9.53 Å². The van der Waals surface area contributed by atoms with Crippen molar-refractivity contribution in [3.8, 4) is 0 Å². The summed E-state index contributed by atoms with van der Waals surface area (Å²) in [6.07, 6.45) is 10.8. The summed E-state index contributed by atoms with van der Waals surface area (Å²) in [4.78, 5) is 11.1. The molecule has 0 aromatic carbocycles. The van der Waals surface area contributed by atoms with Gasteiger partial charge in [-0.25, -0.2) is 4.79 Å². The van der Waals surface area contributed by atoms with E-state index in [4.69, 9.17) is 4.74 Å². The van der Waals surface area contributed by atoms with Gasteiger partial charge in [0.15, 0.2) is 0 Å². The number of nitrogens with one attached hydrogen (secondary N) is 1. The van der Waals surface area contributed by atoms with E-state index in [1.807, 2.05) is 24.8 Å². The van der Waals surface area contributed by atoms with Crippen molar-refractivity contribution in [3.63, 3.8) is 0 Å². The third kappa shape index (κ3) is 5.59. The van der Waals surface area contributed by atoms with Crippen LogP contribution in [0.4, 0.5) is 0 Å². The van der Waals surface area contributed by atoms with Crippen LogP contribution >= 0.6 is 11.8 Å². The minimum Gasteiger partial charge on any atom is -0.463 e. The molecule has 0 spiro atoms. The van der Waals surface area contributed by atoms with Crippen LogP contribution < -0.4 is 5.32 Å². The topological polar surface area (TPSA) is 38.3 Å². The van der Waals surface area contributed by atoms with Gasteiger partial charge in [-0.15, -0.1) is 0 Å². The maximum Gasteiger partial charge on any atom is 0.330 e. The second-order valence-electron chi connectivity index (χ2n) is 4.23. The van der Waals surface area contributed by atoms with Crippen molar-refractivity contribution in [1.29, 1.82) is 0 Å². The summed E-state index contributed by atoms with van der Waals surface area (Å²) < 4.78 is 4.82. The molecule has 1 aliphatic rings. The summed E-state index contributed by atoms with van der Waals surface area (Å²) in [6.45, 7) is 3.00. The summed E-state index contributed by atoms with van der Waals surface area (Å²) in [5.41, 5.74) is 0. The lowest BCUT2D eigenvalue weighted by molar-refractivity contribution is -0.137. The van der Waals surface area contributed by atoms with Gasteiger partial charge in [-0.2, -0.15) is 11.8 Å². The summed E-state index contributed by atoms with van der Waals surface area (Å²) in [6, 6.07) is 0.589. The monoisotopic (exact) mass is 257 g/mol. The molecule has 4 heteroatoms. The van der Waals surface area contributed by atoms with E-state index in [0.717, 1.165) is 11.8 Å². The van der Waals surface area contributed by atoms with Crippen LogP contribution in [-0.4, -0.2) is 36.7 Å².